The van der Waals surface area contributed by atoms with E-state index in [0.29, 0.717) is 0 Å². The van der Waals surface area contributed by atoms with E-state index in [1.54, 1.807) is 7.11 Å². The Morgan fingerprint density at radius 3 is 2.71 bits per heavy atom. The zero-order chi connectivity index (χ0) is 12.5. The minimum absolute atomic E-state index is 0.741. The maximum atomic E-state index is 5.07. The number of hydrogen-bond donors (Lipinski definition) is 1. The van der Waals surface area contributed by atoms with E-state index < -0.39 is 0 Å². The van der Waals surface area contributed by atoms with Gasteiger partial charge < -0.3 is 10.1 Å². The molecule has 0 aliphatic carbocycles. The van der Waals surface area contributed by atoms with Crippen LogP contribution >= 0.6 is 0 Å². The molecule has 1 saturated heterocycles. The molecule has 0 aromatic heterocycles. The molecule has 1 rings (SSSR count). The Morgan fingerprint density at radius 2 is 2.06 bits per heavy atom. The predicted octanol–water partition coefficient (Wildman–Crippen LogP) is 2.27. The standard InChI is InChI=1S/C14H30N2O/c1-4-13(5-2)16-10-7-6-8-14(16)12-15-9-11-17-3/h13-15H,4-12H2,1-3H3. The fraction of sp³-hybridized carbons (Fsp3) is 1.00. The first kappa shape index (κ1) is 14.9. The van der Waals surface area contributed by atoms with Gasteiger partial charge in [-0.25, -0.2) is 0 Å². The zero-order valence-corrected chi connectivity index (χ0v) is 11.9. The minimum Gasteiger partial charge on any atom is -0.383 e. The van der Waals surface area contributed by atoms with Crippen LogP contribution in [0.25, 0.3) is 0 Å². The molecule has 1 unspecified atom stereocenters. The third-order valence-corrected chi connectivity index (χ3v) is 3.95. The van der Waals surface area contributed by atoms with Crippen molar-refractivity contribution in [1.82, 2.24) is 10.2 Å². The number of methoxy groups -OCH3 is 1. The molecule has 3 heteroatoms. The number of piperidine rings is 1. The molecule has 1 aliphatic heterocycles. The fourth-order valence-corrected chi connectivity index (χ4v) is 2.92. The molecule has 0 spiro atoms. The average Bonchev–Trinajstić information content (AvgIpc) is 2.38. The molecular formula is C14H30N2O. The largest absolute Gasteiger partial charge is 0.383 e. The normalized spacial score (nSPS) is 22.2. The first-order valence-corrected chi connectivity index (χ1v) is 7.28. The third kappa shape index (κ3) is 4.94. The smallest absolute Gasteiger partial charge is 0.0587 e. The number of ether oxygens (including phenoxy) is 1. The molecule has 17 heavy (non-hydrogen) atoms. The van der Waals surface area contributed by atoms with E-state index in [1.165, 1.54) is 38.6 Å². The van der Waals surface area contributed by atoms with Gasteiger partial charge in [0.25, 0.3) is 0 Å². The van der Waals surface area contributed by atoms with E-state index in [-0.39, 0.29) is 0 Å². The van der Waals surface area contributed by atoms with E-state index in [1.807, 2.05) is 0 Å². The summed E-state index contributed by atoms with van der Waals surface area (Å²) in [5.41, 5.74) is 0. The maximum absolute atomic E-state index is 5.07. The van der Waals surface area contributed by atoms with Gasteiger partial charge in [-0.15, -0.1) is 0 Å². The van der Waals surface area contributed by atoms with Crippen molar-refractivity contribution in [2.45, 2.75) is 58.0 Å². The van der Waals surface area contributed by atoms with Crippen molar-refractivity contribution in [3.05, 3.63) is 0 Å². The van der Waals surface area contributed by atoms with Gasteiger partial charge in [0.05, 0.1) is 6.61 Å². The number of nitrogens with one attached hydrogen (secondary N) is 1. The summed E-state index contributed by atoms with van der Waals surface area (Å²) in [5, 5.41) is 3.52. The zero-order valence-electron chi connectivity index (χ0n) is 11.9. The van der Waals surface area contributed by atoms with Gasteiger partial charge in [-0.1, -0.05) is 20.3 Å². The van der Waals surface area contributed by atoms with Gasteiger partial charge in [0, 0.05) is 32.3 Å². The van der Waals surface area contributed by atoms with Crippen LogP contribution in [0.15, 0.2) is 0 Å². The second-order valence-electron chi connectivity index (χ2n) is 5.05. The molecule has 1 N–H and O–H groups in total. The Bertz CT molecular complexity index is 183. The molecule has 1 atom stereocenters. The molecule has 3 nitrogen and oxygen atoms in total. The van der Waals surface area contributed by atoms with Gasteiger partial charge in [-0.3, -0.25) is 4.90 Å². The quantitative estimate of drug-likeness (QED) is 0.661. The van der Waals surface area contributed by atoms with Crippen molar-refractivity contribution in [2.75, 3.05) is 33.4 Å². The van der Waals surface area contributed by atoms with Gasteiger partial charge in [-0.2, -0.15) is 0 Å². The molecule has 0 saturated carbocycles. The lowest BCUT2D eigenvalue weighted by atomic mass is 9.97. The SMILES string of the molecule is CCC(CC)N1CCCCC1CNCCOC. The second kappa shape index (κ2) is 8.90. The van der Waals surface area contributed by atoms with Crippen LogP contribution in [0.1, 0.15) is 46.0 Å². The number of hydrogen-bond acceptors (Lipinski definition) is 3. The summed E-state index contributed by atoms with van der Waals surface area (Å²) in [6.45, 7) is 8.85. The lowest BCUT2D eigenvalue weighted by Crippen LogP contribution is -2.50. The Morgan fingerprint density at radius 1 is 1.29 bits per heavy atom. The van der Waals surface area contributed by atoms with Crippen molar-refractivity contribution in [3.8, 4) is 0 Å². The number of rotatable bonds is 8. The summed E-state index contributed by atoms with van der Waals surface area (Å²) in [7, 11) is 1.76. The summed E-state index contributed by atoms with van der Waals surface area (Å²) in [6.07, 6.45) is 6.70. The Hall–Kier alpha value is -0.120. The van der Waals surface area contributed by atoms with Crippen molar-refractivity contribution in [2.24, 2.45) is 0 Å². The molecule has 0 aromatic carbocycles. The average molecular weight is 242 g/mol. The highest BCUT2D eigenvalue weighted by molar-refractivity contribution is 4.83. The lowest BCUT2D eigenvalue weighted by molar-refractivity contribution is 0.0867. The van der Waals surface area contributed by atoms with Crippen LogP contribution in [0, 0.1) is 0 Å². The van der Waals surface area contributed by atoms with Crippen molar-refractivity contribution in [3.63, 3.8) is 0 Å². The molecule has 1 aliphatic rings. The molecule has 1 heterocycles. The van der Waals surface area contributed by atoms with Crippen LogP contribution < -0.4 is 5.32 Å². The molecule has 0 amide bonds. The van der Waals surface area contributed by atoms with Crippen molar-refractivity contribution < 1.29 is 4.74 Å². The van der Waals surface area contributed by atoms with Crippen LogP contribution in [-0.2, 0) is 4.74 Å². The summed E-state index contributed by atoms with van der Waals surface area (Å²) in [6, 6.07) is 1.52. The van der Waals surface area contributed by atoms with Crippen LogP contribution in [-0.4, -0.2) is 50.3 Å². The molecule has 1 fully saturated rings. The van der Waals surface area contributed by atoms with Crippen LogP contribution in [0.4, 0.5) is 0 Å². The van der Waals surface area contributed by atoms with Crippen LogP contribution in [0.2, 0.25) is 0 Å². The van der Waals surface area contributed by atoms with Crippen LogP contribution in [0.3, 0.4) is 0 Å². The van der Waals surface area contributed by atoms with Gasteiger partial charge in [0.2, 0.25) is 0 Å². The Kier molecular flexibility index (Phi) is 7.82. The molecule has 0 bridgehead atoms. The second-order valence-corrected chi connectivity index (χ2v) is 5.05. The van der Waals surface area contributed by atoms with Gasteiger partial charge >= 0.3 is 0 Å². The van der Waals surface area contributed by atoms with Gasteiger partial charge in [-0.05, 0) is 32.2 Å². The van der Waals surface area contributed by atoms with Crippen molar-refractivity contribution >= 4 is 0 Å². The van der Waals surface area contributed by atoms with Crippen LogP contribution in [0.5, 0.6) is 0 Å². The highest BCUT2D eigenvalue weighted by atomic mass is 16.5. The summed E-state index contributed by atoms with van der Waals surface area (Å²) >= 11 is 0. The minimum atomic E-state index is 0.741. The third-order valence-electron chi connectivity index (χ3n) is 3.95. The highest BCUT2D eigenvalue weighted by Gasteiger charge is 2.26. The lowest BCUT2D eigenvalue weighted by Gasteiger charge is -2.41. The summed E-state index contributed by atoms with van der Waals surface area (Å²) < 4.78 is 5.07. The van der Waals surface area contributed by atoms with E-state index in [2.05, 4.69) is 24.1 Å². The van der Waals surface area contributed by atoms with Crippen molar-refractivity contribution in [1.29, 1.82) is 0 Å². The van der Waals surface area contributed by atoms with Gasteiger partial charge in [0.15, 0.2) is 0 Å². The number of nitrogens with zero attached hydrogens (tertiary/aromatic N) is 1. The Balaban J connectivity index is 2.36. The van der Waals surface area contributed by atoms with E-state index in [4.69, 9.17) is 4.74 Å². The van der Waals surface area contributed by atoms with E-state index in [0.717, 1.165) is 31.8 Å². The monoisotopic (exact) mass is 242 g/mol. The number of likely N-dealkylation sites (tertiary alicyclic amines) is 1. The molecular weight excluding hydrogens is 212 g/mol. The molecule has 0 radical (unpaired) electrons. The topological polar surface area (TPSA) is 24.5 Å². The summed E-state index contributed by atoms with van der Waals surface area (Å²) in [5.74, 6) is 0. The fourth-order valence-electron chi connectivity index (χ4n) is 2.92. The highest BCUT2D eigenvalue weighted by Crippen LogP contribution is 2.22. The van der Waals surface area contributed by atoms with Gasteiger partial charge in [0.1, 0.15) is 0 Å². The first-order valence-electron chi connectivity index (χ1n) is 7.28. The van der Waals surface area contributed by atoms with E-state index >= 15 is 0 Å². The van der Waals surface area contributed by atoms with E-state index in [9.17, 15) is 0 Å². The molecule has 0 aromatic rings. The maximum Gasteiger partial charge on any atom is 0.0587 e. The molecule has 102 valence electrons. The summed E-state index contributed by atoms with van der Waals surface area (Å²) in [4.78, 5) is 2.74. The Labute approximate surface area is 107 Å². The predicted molar refractivity (Wildman–Crippen MR) is 73.5 cm³/mol. The first-order chi connectivity index (χ1) is 8.33.